The molecule has 3 rings (SSSR count). The van der Waals surface area contributed by atoms with E-state index in [4.69, 9.17) is 5.73 Å². The lowest BCUT2D eigenvalue weighted by Crippen LogP contribution is -2.37. The maximum absolute atomic E-state index is 13.8. The standard InChI is InChI=1S/C20H24FN3O/c1-13-11-17(22)18(12-19(13)24-10-6-5-7-14(24)2)23-20(25)15-8-3-4-9-16(15)21/h3-4,8-9,11-12,14H,5-7,10,22H2,1-2H3,(H,23,25). The monoisotopic (exact) mass is 341 g/mol. The van der Waals surface area contributed by atoms with E-state index in [2.05, 4.69) is 17.1 Å². The second kappa shape index (κ2) is 7.13. The molecule has 1 atom stereocenters. The van der Waals surface area contributed by atoms with Gasteiger partial charge in [-0.2, -0.15) is 0 Å². The third kappa shape index (κ3) is 3.60. The summed E-state index contributed by atoms with van der Waals surface area (Å²) in [5, 5.41) is 2.76. The van der Waals surface area contributed by atoms with Crippen LogP contribution >= 0.6 is 0 Å². The van der Waals surface area contributed by atoms with Crippen molar-refractivity contribution in [2.75, 3.05) is 22.5 Å². The molecule has 1 heterocycles. The molecule has 5 heteroatoms. The van der Waals surface area contributed by atoms with Crippen LogP contribution in [0.15, 0.2) is 36.4 Å². The van der Waals surface area contributed by atoms with Crippen LogP contribution in [-0.4, -0.2) is 18.5 Å². The SMILES string of the molecule is Cc1cc(N)c(NC(=O)c2ccccc2F)cc1N1CCCCC1C. The van der Waals surface area contributed by atoms with E-state index in [1.165, 1.54) is 18.6 Å². The highest BCUT2D eigenvalue weighted by Crippen LogP contribution is 2.33. The van der Waals surface area contributed by atoms with Gasteiger partial charge in [-0.05, 0) is 62.9 Å². The highest BCUT2D eigenvalue weighted by molar-refractivity contribution is 6.06. The van der Waals surface area contributed by atoms with Crippen molar-refractivity contribution in [1.82, 2.24) is 0 Å². The Kier molecular flexibility index (Phi) is 4.93. The molecule has 0 aliphatic carbocycles. The van der Waals surface area contributed by atoms with Crippen LogP contribution in [0.3, 0.4) is 0 Å². The number of anilines is 3. The number of halogens is 1. The Hall–Kier alpha value is -2.56. The minimum atomic E-state index is -0.546. The third-order valence-electron chi connectivity index (χ3n) is 4.85. The van der Waals surface area contributed by atoms with Crippen molar-refractivity contribution >= 4 is 23.0 Å². The van der Waals surface area contributed by atoms with Crippen LogP contribution in [0.5, 0.6) is 0 Å². The number of benzene rings is 2. The molecule has 1 aliphatic heterocycles. The van der Waals surface area contributed by atoms with Crippen molar-refractivity contribution in [1.29, 1.82) is 0 Å². The molecule has 2 aromatic rings. The topological polar surface area (TPSA) is 58.4 Å². The summed E-state index contributed by atoms with van der Waals surface area (Å²) in [7, 11) is 0. The number of amides is 1. The van der Waals surface area contributed by atoms with Crippen LogP contribution in [0.4, 0.5) is 21.5 Å². The lowest BCUT2D eigenvalue weighted by atomic mass is 10.0. The summed E-state index contributed by atoms with van der Waals surface area (Å²) in [5.41, 5.74) is 9.26. The molecule has 0 bridgehead atoms. The number of piperidine rings is 1. The maximum Gasteiger partial charge on any atom is 0.258 e. The second-order valence-electron chi connectivity index (χ2n) is 6.70. The van der Waals surface area contributed by atoms with Crippen molar-refractivity contribution in [2.45, 2.75) is 39.2 Å². The fourth-order valence-corrected chi connectivity index (χ4v) is 3.43. The van der Waals surface area contributed by atoms with E-state index in [1.54, 1.807) is 12.1 Å². The molecule has 0 radical (unpaired) electrons. The molecule has 2 aromatic carbocycles. The van der Waals surface area contributed by atoms with E-state index in [9.17, 15) is 9.18 Å². The number of nitrogens with two attached hydrogens (primary N) is 1. The fraction of sp³-hybridized carbons (Fsp3) is 0.350. The summed E-state index contributed by atoms with van der Waals surface area (Å²) in [6.45, 7) is 5.23. The predicted octanol–water partition coefficient (Wildman–Crippen LogP) is 4.35. The first-order valence-corrected chi connectivity index (χ1v) is 8.70. The van der Waals surface area contributed by atoms with E-state index in [-0.39, 0.29) is 5.56 Å². The van der Waals surface area contributed by atoms with Crippen LogP contribution in [-0.2, 0) is 0 Å². The van der Waals surface area contributed by atoms with Crippen LogP contribution in [0.25, 0.3) is 0 Å². The van der Waals surface area contributed by atoms with Crippen LogP contribution in [0, 0.1) is 12.7 Å². The van der Waals surface area contributed by atoms with Gasteiger partial charge in [0, 0.05) is 18.3 Å². The van der Waals surface area contributed by atoms with Crippen molar-refractivity contribution < 1.29 is 9.18 Å². The number of nitrogens with one attached hydrogen (secondary N) is 1. The molecule has 3 N–H and O–H groups in total. The number of nitrogens with zero attached hydrogens (tertiary/aromatic N) is 1. The zero-order valence-electron chi connectivity index (χ0n) is 14.7. The van der Waals surface area contributed by atoms with Crippen molar-refractivity contribution in [3.05, 3.63) is 53.3 Å². The Bertz CT molecular complexity index is 791. The Morgan fingerprint density at radius 1 is 1.28 bits per heavy atom. The van der Waals surface area contributed by atoms with Gasteiger partial charge in [-0.1, -0.05) is 12.1 Å². The minimum absolute atomic E-state index is 0.00960. The summed E-state index contributed by atoms with van der Waals surface area (Å²) < 4.78 is 13.8. The van der Waals surface area contributed by atoms with Crippen LogP contribution < -0.4 is 16.0 Å². The third-order valence-corrected chi connectivity index (χ3v) is 4.85. The summed E-state index contributed by atoms with van der Waals surface area (Å²) in [6.07, 6.45) is 3.55. The number of nitrogen functional groups attached to an aromatic ring is 1. The number of aryl methyl sites for hydroxylation is 1. The lowest BCUT2D eigenvalue weighted by molar-refractivity contribution is 0.102. The van der Waals surface area contributed by atoms with Gasteiger partial charge in [0.1, 0.15) is 5.82 Å². The first kappa shape index (κ1) is 17.3. The number of hydrogen-bond acceptors (Lipinski definition) is 3. The van der Waals surface area contributed by atoms with Gasteiger partial charge in [0.15, 0.2) is 0 Å². The molecule has 0 spiro atoms. The zero-order chi connectivity index (χ0) is 18.0. The largest absolute Gasteiger partial charge is 0.397 e. The smallest absolute Gasteiger partial charge is 0.258 e. The highest BCUT2D eigenvalue weighted by Gasteiger charge is 2.21. The molecule has 1 saturated heterocycles. The summed E-state index contributed by atoms with van der Waals surface area (Å²) in [5.74, 6) is -1.04. The van der Waals surface area contributed by atoms with Crippen LogP contribution in [0.2, 0.25) is 0 Å². The average molecular weight is 341 g/mol. The van der Waals surface area contributed by atoms with Gasteiger partial charge in [-0.3, -0.25) is 4.79 Å². The normalized spacial score (nSPS) is 17.4. The Balaban J connectivity index is 1.90. The molecule has 0 aromatic heterocycles. The number of carbonyl (C=O) groups is 1. The average Bonchev–Trinajstić information content (AvgIpc) is 2.58. The van der Waals surface area contributed by atoms with Crippen molar-refractivity contribution in [3.8, 4) is 0 Å². The summed E-state index contributed by atoms with van der Waals surface area (Å²) >= 11 is 0. The molecule has 25 heavy (non-hydrogen) atoms. The maximum atomic E-state index is 13.8. The van der Waals surface area contributed by atoms with Crippen molar-refractivity contribution in [3.63, 3.8) is 0 Å². The van der Waals surface area contributed by atoms with Gasteiger partial charge in [0.05, 0.1) is 16.9 Å². The lowest BCUT2D eigenvalue weighted by Gasteiger charge is -2.36. The summed E-state index contributed by atoms with van der Waals surface area (Å²) in [4.78, 5) is 14.8. The Labute approximate surface area is 147 Å². The second-order valence-corrected chi connectivity index (χ2v) is 6.70. The molecule has 132 valence electrons. The van der Waals surface area contributed by atoms with Gasteiger partial charge >= 0.3 is 0 Å². The highest BCUT2D eigenvalue weighted by atomic mass is 19.1. The number of carbonyl (C=O) groups excluding carboxylic acids is 1. The molecular weight excluding hydrogens is 317 g/mol. The molecule has 0 saturated carbocycles. The summed E-state index contributed by atoms with van der Waals surface area (Å²) in [6, 6.07) is 10.2. The first-order chi connectivity index (χ1) is 12.0. The van der Waals surface area contributed by atoms with Gasteiger partial charge in [-0.25, -0.2) is 4.39 Å². The van der Waals surface area contributed by atoms with E-state index < -0.39 is 11.7 Å². The Morgan fingerprint density at radius 3 is 2.76 bits per heavy atom. The zero-order valence-corrected chi connectivity index (χ0v) is 14.7. The Morgan fingerprint density at radius 2 is 2.04 bits per heavy atom. The van der Waals surface area contributed by atoms with Gasteiger partial charge in [0.2, 0.25) is 0 Å². The molecule has 1 unspecified atom stereocenters. The van der Waals surface area contributed by atoms with E-state index in [0.29, 0.717) is 17.4 Å². The van der Waals surface area contributed by atoms with Gasteiger partial charge < -0.3 is 16.0 Å². The van der Waals surface area contributed by atoms with E-state index >= 15 is 0 Å². The van der Waals surface area contributed by atoms with E-state index in [0.717, 1.165) is 30.6 Å². The molecule has 1 fully saturated rings. The molecular formula is C20H24FN3O. The van der Waals surface area contributed by atoms with Gasteiger partial charge in [-0.15, -0.1) is 0 Å². The van der Waals surface area contributed by atoms with Gasteiger partial charge in [0.25, 0.3) is 5.91 Å². The minimum Gasteiger partial charge on any atom is -0.397 e. The first-order valence-electron chi connectivity index (χ1n) is 8.70. The molecule has 1 amide bonds. The van der Waals surface area contributed by atoms with Crippen LogP contribution in [0.1, 0.15) is 42.1 Å². The van der Waals surface area contributed by atoms with E-state index in [1.807, 2.05) is 19.1 Å². The predicted molar refractivity (Wildman–Crippen MR) is 101 cm³/mol. The fourth-order valence-electron chi connectivity index (χ4n) is 3.43. The quantitative estimate of drug-likeness (QED) is 0.816. The number of rotatable bonds is 3. The van der Waals surface area contributed by atoms with Crippen molar-refractivity contribution in [2.24, 2.45) is 0 Å². The molecule has 4 nitrogen and oxygen atoms in total. The number of hydrogen-bond donors (Lipinski definition) is 2. The molecule has 1 aliphatic rings.